The molecular formula is C5H5Cl3N2O2S2. The highest BCUT2D eigenvalue weighted by atomic mass is 35.6. The Morgan fingerprint density at radius 1 is 1.36 bits per heavy atom. The standard InChI is InChI=1S/C5H5Cl3N2O2S2/c1-2-14(11,12)4-10-9-3(13-4)5(6,7)8/h2H2,1H3. The second kappa shape index (κ2) is 4.09. The Morgan fingerprint density at radius 2 is 1.93 bits per heavy atom. The Balaban J connectivity index is 3.13. The van der Waals surface area contributed by atoms with Crippen LogP contribution in [0.15, 0.2) is 4.34 Å². The fourth-order valence-electron chi connectivity index (χ4n) is 0.573. The van der Waals surface area contributed by atoms with Crippen molar-refractivity contribution in [2.75, 3.05) is 5.75 Å². The van der Waals surface area contributed by atoms with Crippen LogP contribution in [0.3, 0.4) is 0 Å². The SMILES string of the molecule is CCS(=O)(=O)c1nnc(C(Cl)(Cl)Cl)s1. The molecule has 0 saturated heterocycles. The van der Waals surface area contributed by atoms with E-state index in [-0.39, 0.29) is 15.1 Å². The highest BCUT2D eigenvalue weighted by Gasteiger charge is 2.30. The lowest BCUT2D eigenvalue weighted by Gasteiger charge is -2.02. The third kappa shape index (κ3) is 2.70. The van der Waals surface area contributed by atoms with Crippen molar-refractivity contribution in [3.63, 3.8) is 0 Å². The molecule has 0 saturated carbocycles. The summed E-state index contributed by atoms with van der Waals surface area (Å²) in [5.41, 5.74) is 0. The van der Waals surface area contributed by atoms with Gasteiger partial charge in [0, 0.05) is 0 Å². The summed E-state index contributed by atoms with van der Waals surface area (Å²) in [6.07, 6.45) is 0. The average molecular weight is 296 g/mol. The summed E-state index contributed by atoms with van der Waals surface area (Å²) in [4.78, 5) is 0. The molecule has 14 heavy (non-hydrogen) atoms. The van der Waals surface area contributed by atoms with Crippen LogP contribution in [0.1, 0.15) is 11.9 Å². The van der Waals surface area contributed by atoms with Crippen molar-refractivity contribution in [3.05, 3.63) is 5.01 Å². The average Bonchev–Trinajstić information content (AvgIpc) is 2.51. The van der Waals surface area contributed by atoms with Crippen LogP contribution in [-0.4, -0.2) is 24.4 Å². The maximum absolute atomic E-state index is 11.3. The number of nitrogens with zero attached hydrogens (tertiary/aromatic N) is 2. The predicted molar refractivity (Wildman–Crippen MR) is 56.9 cm³/mol. The largest absolute Gasteiger partial charge is 0.243 e. The van der Waals surface area contributed by atoms with E-state index in [1.807, 2.05) is 0 Å². The molecule has 1 heterocycles. The molecule has 0 spiro atoms. The first kappa shape index (κ1) is 12.4. The van der Waals surface area contributed by atoms with Crippen LogP contribution in [0.5, 0.6) is 0 Å². The molecule has 0 aliphatic carbocycles. The first-order valence-electron chi connectivity index (χ1n) is 3.41. The number of hydrogen-bond acceptors (Lipinski definition) is 5. The summed E-state index contributed by atoms with van der Waals surface area (Å²) in [6, 6.07) is 0. The normalized spacial score (nSPS) is 13.1. The van der Waals surface area contributed by atoms with Gasteiger partial charge < -0.3 is 0 Å². The lowest BCUT2D eigenvalue weighted by molar-refractivity contribution is 0.595. The molecule has 1 aromatic heterocycles. The van der Waals surface area contributed by atoms with Gasteiger partial charge in [-0.3, -0.25) is 0 Å². The summed E-state index contributed by atoms with van der Waals surface area (Å²) in [5, 5.41) is 7.00. The number of hydrogen-bond donors (Lipinski definition) is 0. The fourth-order valence-corrected chi connectivity index (χ4v) is 2.99. The molecule has 0 aliphatic rings. The van der Waals surface area contributed by atoms with E-state index in [1.54, 1.807) is 0 Å². The minimum atomic E-state index is -3.37. The van der Waals surface area contributed by atoms with Gasteiger partial charge in [-0.05, 0) is 0 Å². The second-order valence-corrected chi connectivity index (χ2v) is 7.99. The van der Waals surface area contributed by atoms with Crippen molar-refractivity contribution in [1.29, 1.82) is 0 Å². The molecule has 1 rings (SSSR count). The zero-order chi connectivity index (χ0) is 11.0. The smallest absolute Gasteiger partial charge is 0.221 e. The van der Waals surface area contributed by atoms with E-state index >= 15 is 0 Å². The molecule has 1 aromatic rings. The van der Waals surface area contributed by atoms with Gasteiger partial charge in [0.2, 0.25) is 18.0 Å². The topological polar surface area (TPSA) is 59.9 Å². The van der Waals surface area contributed by atoms with E-state index in [4.69, 9.17) is 34.8 Å². The number of rotatable bonds is 2. The zero-order valence-corrected chi connectivity index (χ0v) is 10.8. The highest BCUT2D eigenvalue weighted by molar-refractivity contribution is 7.93. The van der Waals surface area contributed by atoms with Crippen molar-refractivity contribution in [2.24, 2.45) is 0 Å². The molecule has 0 fully saturated rings. The third-order valence-corrected chi connectivity index (χ3v) is 5.39. The lowest BCUT2D eigenvalue weighted by atomic mass is 10.8. The number of sulfone groups is 1. The second-order valence-electron chi connectivity index (χ2n) is 2.27. The van der Waals surface area contributed by atoms with Gasteiger partial charge in [-0.25, -0.2) is 8.42 Å². The van der Waals surface area contributed by atoms with Crippen molar-refractivity contribution in [2.45, 2.75) is 15.1 Å². The van der Waals surface area contributed by atoms with E-state index in [9.17, 15) is 8.42 Å². The van der Waals surface area contributed by atoms with E-state index in [0.717, 1.165) is 11.3 Å². The molecule has 0 aromatic carbocycles. The van der Waals surface area contributed by atoms with Crippen LogP contribution in [0.25, 0.3) is 0 Å². The van der Waals surface area contributed by atoms with Gasteiger partial charge in [0.25, 0.3) is 0 Å². The van der Waals surface area contributed by atoms with Gasteiger partial charge in [-0.15, -0.1) is 10.2 Å². The number of halogens is 3. The Morgan fingerprint density at radius 3 is 2.29 bits per heavy atom. The molecule has 0 atom stereocenters. The Bertz CT molecular complexity index is 422. The Labute approximate surface area is 100 Å². The molecule has 0 aliphatic heterocycles. The first-order valence-corrected chi connectivity index (χ1v) is 7.01. The molecule has 0 N–H and O–H groups in total. The van der Waals surface area contributed by atoms with E-state index in [1.165, 1.54) is 6.92 Å². The summed E-state index contributed by atoms with van der Waals surface area (Å²) in [5.74, 6) is -0.0541. The van der Waals surface area contributed by atoms with Gasteiger partial charge in [0.1, 0.15) is 0 Å². The van der Waals surface area contributed by atoms with E-state index < -0.39 is 13.6 Å². The summed E-state index contributed by atoms with van der Waals surface area (Å²) in [7, 11) is -3.37. The first-order chi connectivity index (χ1) is 6.27. The van der Waals surface area contributed by atoms with Gasteiger partial charge in [-0.1, -0.05) is 53.1 Å². The van der Waals surface area contributed by atoms with Crippen molar-refractivity contribution >= 4 is 56.0 Å². The van der Waals surface area contributed by atoms with Crippen LogP contribution < -0.4 is 0 Å². The van der Waals surface area contributed by atoms with Crippen LogP contribution in [0, 0.1) is 0 Å². The van der Waals surface area contributed by atoms with Gasteiger partial charge in [0.05, 0.1) is 5.75 Å². The monoisotopic (exact) mass is 294 g/mol. The lowest BCUT2D eigenvalue weighted by Crippen LogP contribution is -2.02. The van der Waals surface area contributed by atoms with E-state index in [2.05, 4.69) is 10.2 Å². The van der Waals surface area contributed by atoms with Gasteiger partial charge >= 0.3 is 0 Å². The number of aromatic nitrogens is 2. The fraction of sp³-hybridized carbons (Fsp3) is 0.600. The quantitative estimate of drug-likeness (QED) is 0.785. The predicted octanol–water partition coefficient (Wildman–Crippen LogP) is 2.16. The van der Waals surface area contributed by atoms with Crippen molar-refractivity contribution < 1.29 is 8.42 Å². The van der Waals surface area contributed by atoms with Crippen LogP contribution in [-0.2, 0) is 13.6 Å². The molecule has 0 radical (unpaired) electrons. The van der Waals surface area contributed by atoms with Crippen LogP contribution in [0.4, 0.5) is 0 Å². The molecule has 9 heteroatoms. The maximum Gasteiger partial charge on any atom is 0.243 e. The molecule has 4 nitrogen and oxygen atoms in total. The third-order valence-electron chi connectivity index (χ3n) is 1.30. The molecular weight excluding hydrogens is 291 g/mol. The van der Waals surface area contributed by atoms with Gasteiger partial charge in [0.15, 0.2) is 5.01 Å². The Hall–Kier alpha value is 0.380. The minimum absolute atomic E-state index is 0.0505. The minimum Gasteiger partial charge on any atom is -0.221 e. The highest BCUT2D eigenvalue weighted by Crippen LogP contribution is 2.40. The van der Waals surface area contributed by atoms with Crippen molar-refractivity contribution in [3.8, 4) is 0 Å². The summed E-state index contributed by atoms with van der Waals surface area (Å²) in [6.45, 7) is 1.51. The van der Waals surface area contributed by atoms with Crippen molar-refractivity contribution in [1.82, 2.24) is 10.2 Å². The Kier molecular flexibility index (Phi) is 3.64. The summed E-state index contributed by atoms with van der Waals surface area (Å²) < 4.78 is 20.8. The van der Waals surface area contributed by atoms with Crippen LogP contribution >= 0.6 is 46.1 Å². The summed E-state index contributed by atoms with van der Waals surface area (Å²) >= 11 is 17.3. The molecule has 0 unspecified atom stereocenters. The maximum atomic E-state index is 11.3. The zero-order valence-electron chi connectivity index (χ0n) is 6.87. The van der Waals surface area contributed by atoms with E-state index in [0.29, 0.717) is 0 Å². The number of alkyl halides is 3. The molecule has 0 amide bonds. The van der Waals surface area contributed by atoms with Gasteiger partial charge in [-0.2, -0.15) is 0 Å². The van der Waals surface area contributed by atoms with Crippen LogP contribution in [0.2, 0.25) is 0 Å². The molecule has 80 valence electrons. The molecule has 0 bridgehead atoms.